The summed E-state index contributed by atoms with van der Waals surface area (Å²) in [6, 6.07) is 15.4. The number of para-hydroxylation sites is 1. The van der Waals surface area contributed by atoms with Crippen LogP contribution in [0.2, 0.25) is 0 Å². The van der Waals surface area contributed by atoms with E-state index in [0.29, 0.717) is 6.54 Å². The average molecular weight is 265 g/mol. The van der Waals surface area contributed by atoms with Gasteiger partial charge in [-0.15, -0.1) is 0 Å². The highest BCUT2D eigenvalue weighted by Crippen LogP contribution is 2.04. The van der Waals surface area contributed by atoms with Crippen molar-refractivity contribution in [1.29, 1.82) is 0 Å². The first-order valence-corrected chi connectivity index (χ1v) is 6.58. The molecule has 100 valence electrons. The van der Waals surface area contributed by atoms with Crippen LogP contribution in [0.25, 0.3) is 5.69 Å². The van der Waals surface area contributed by atoms with Crippen molar-refractivity contribution in [2.24, 2.45) is 0 Å². The summed E-state index contributed by atoms with van der Waals surface area (Å²) in [6.45, 7) is 0.635. The van der Waals surface area contributed by atoms with Crippen LogP contribution in [0.4, 0.5) is 0 Å². The van der Waals surface area contributed by atoms with Crippen molar-refractivity contribution in [1.82, 2.24) is 14.1 Å². The molecule has 0 saturated carbocycles. The van der Waals surface area contributed by atoms with Gasteiger partial charge in [-0.25, -0.2) is 4.79 Å². The van der Waals surface area contributed by atoms with E-state index in [0.717, 1.165) is 17.8 Å². The number of rotatable bonds is 4. The van der Waals surface area contributed by atoms with E-state index in [9.17, 15) is 4.79 Å². The van der Waals surface area contributed by atoms with Gasteiger partial charge in [0.25, 0.3) is 0 Å². The monoisotopic (exact) mass is 265 g/mol. The fourth-order valence-electron chi connectivity index (χ4n) is 2.15. The number of benzene rings is 1. The second-order valence-corrected chi connectivity index (χ2v) is 4.55. The maximum Gasteiger partial charge on any atom is 0.332 e. The van der Waals surface area contributed by atoms with Crippen LogP contribution in [0.15, 0.2) is 71.9 Å². The highest BCUT2D eigenvalue weighted by Gasteiger charge is 2.05. The average Bonchev–Trinajstić information content (AvgIpc) is 2.88. The second kappa shape index (κ2) is 5.57. The van der Waals surface area contributed by atoms with Crippen LogP contribution in [0.1, 0.15) is 5.69 Å². The van der Waals surface area contributed by atoms with E-state index in [4.69, 9.17) is 0 Å². The molecular formula is C16H15N3O. The normalized spacial score (nSPS) is 10.6. The zero-order valence-corrected chi connectivity index (χ0v) is 11.0. The molecule has 0 bridgehead atoms. The van der Waals surface area contributed by atoms with E-state index in [2.05, 4.69) is 4.98 Å². The fourth-order valence-corrected chi connectivity index (χ4v) is 2.15. The van der Waals surface area contributed by atoms with E-state index in [1.807, 2.05) is 54.7 Å². The first-order chi connectivity index (χ1) is 9.84. The van der Waals surface area contributed by atoms with Gasteiger partial charge in [0.1, 0.15) is 0 Å². The molecule has 0 unspecified atom stereocenters. The summed E-state index contributed by atoms with van der Waals surface area (Å²) in [5.41, 5.74) is 1.85. The van der Waals surface area contributed by atoms with Crippen LogP contribution < -0.4 is 5.69 Å². The van der Waals surface area contributed by atoms with Gasteiger partial charge in [0, 0.05) is 37.3 Å². The third kappa shape index (κ3) is 2.54. The topological polar surface area (TPSA) is 39.8 Å². The first kappa shape index (κ1) is 12.4. The molecule has 3 aromatic rings. The largest absolute Gasteiger partial charge is 0.332 e. The third-order valence-corrected chi connectivity index (χ3v) is 3.22. The lowest BCUT2D eigenvalue weighted by Gasteiger charge is -2.02. The molecule has 0 aliphatic heterocycles. The Balaban J connectivity index is 1.80. The SMILES string of the molecule is O=c1n(CCc2ccccn2)ccn1-c1ccccc1. The molecule has 1 aromatic carbocycles. The highest BCUT2D eigenvalue weighted by molar-refractivity contribution is 5.30. The molecule has 4 heteroatoms. The summed E-state index contributed by atoms with van der Waals surface area (Å²) in [6.07, 6.45) is 6.14. The smallest absolute Gasteiger partial charge is 0.299 e. The number of pyridine rings is 1. The summed E-state index contributed by atoms with van der Waals surface area (Å²) >= 11 is 0. The number of aryl methyl sites for hydroxylation is 2. The Kier molecular flexibility index (Phi) is 3.46. The van der Waals surface area contributed by atoms with Crippen LogP contribution in [-0.4, -0.2) is 14.1 Å². The number of hydrogen-bond acceptors (Lipinski definition) is 2. The lowest BCUT2D eigenvalue weighted by atomic mass is 10.3. The Morgan fingerprint density at radius 2 is 1.75 bits per heavy atom. The van der Waals surface area contributed by atoms with Crippen LogP contribution in [-0.2, 0) is 13.0 Å². The molecule has 20 heavy (non-hydrogen) atoms. The Hall–Kier alpha value is -2.62. The molecule has 0 saturated heterocycles. The number of aromatic nitrogens is 3. The minimum atomic E-state index is -0.0212. The zero-order valence-electron chi connectivity index (χ0n) is 11.0. The number of nitrogens with zero attached hydrogens (tertiary/aromatic N) is 3. The highest BCUT2D eigenvalue weighted by atomic mass is 16.1. The first-order valence-electron chi connectivity index (χ1n) is 6.58. The van der Waals surface area contributed by atoms with Crippen LogP contribution >= 0.6 is 0 Å². The second-order valence-electron chi connectivity index (χ2n) is 4.55. The van der Waals surface area contributed by atoms with E-state index < -0.39 is 0 Å². The van der Waals surface area contributed by atoms with E-state index in [1.165, 1.54) is 0 Å². The molecule has 0 N–H and O–H groups in total. The van der Waals surface area contributed by atoms with Crippen molar-refractivity contribution in [3.63, 3.8) is 0 Å². The minimum Gasteiger partial charge on any atom is -0.299 e. The van der Waals surface area contributed by atoms with Gasteiger partial charge in [0.2, 0.25) is 0 Å². The summed E-state index contributed by atoms with van der Waals surface area (Å²) < 4.78 is 3.36. The minimum absolute atomic E-state index is 0.0212. The zero-order chi connectivity index (χ0) is 13.8. The maximum atomic E-state index is 12.3. The lowest BCUT2D eigenvalue weighted by molar-refractivity contribution is 0.653. The Morgan fingerprint density at radius 3 is 2.50 bits per heavy atom. The van der Waals surface area contributed by atoms with Gasteiger partial charge in [0.05, 0.1) is 5.69 Å². The molecule has 2 aromatic heterocycles. The summed E-state index contributed by atoms with van der Waals surface area (Å²) in [4.78, 5) is 16.6. The van der Waals surface area contributed by atoms with Crippen molar-refractivity contribution in [3.05, 3.63) is 83.3 Å². The molecule has 3 rings (SSSR count). The molecule has 0 spiro atoms. The van der Waals surface area contributed by atoms with Gasteiger partial charge in [0.15, 0.2) is 0 Å². The quantitative estimate of drug-likeness (QED) is 0.726. The van der Waals surface area contributed by atoms with Gasteiger partial charge in [-0.05, 0) is 24.3 Å². The molecule has 0 atom stereocenters. The van der Waals surface area contributed by atoms with Gasteiger partial charge < -0.3 is 0 Å². The fraction of sp³-hybridized carbons (Fsp3) is 0.125. The standard InChI is InChI=1S/C16H15N3O/c20-16-18(11-9-14-6-4-5-10-17-14)12-13-19(16)15-7-2-1-3-8-15/h1-8,10,12-13H,9,11H2. The molecule has 0 amide bonds. The van der Waals surface area contributed by atoms with Gasteiger partial charge in [-0.1, -0.05) is 24.3 Å². The molecule has 0 fully saturated rings. The molecule has 0 aliphatic carbocycles. The predicted molar refractivity (Wildman–Crippen MR) is 78.0 cm³/mol. The van der Waals surface area contributed by atoms with E-state index in [-0.39, 0.29) is 5.69 Å². The van der Waals surface area contributed by atoms with Crippen LogP contribution in [0, 0.1) is 0 Å². The molecule has 0 aliphatic rings. The van der Waals surface area contributed by atoms with Crippen molar-refractivity contribution in [2.45, 2.75) is 13.0 Å². The van der Waals surface area contributed by atoms with Crippen molar-refractivity contribution >= 4 is 0 Å². The lowest BCUT2D eigenvalue weighted by Crippen LogP contribution is -2.23. The molecule has 2 heterocycles. The Morgan fingerprint density at radius 1 is 0.950 bits per heavy atom. The third-order valence-electron chi connectivity index (χ3n) is 3.22. The number of hydrogen-bond donors (Lipinski definition) is 0. The Labute approximate surface area is 117 Å². The summed E-state index contributed by atoms with van der Waals surface area (Å²) in [5, 5.41) is 0. The van der Waals surface area contributed by atoms with Crippen LogP contribution in [0.3, 0.4) is 0 Å². The summed E-state index contributed by atoms with van der Waals surface area (Å²) in [5.74, 6) is 0. The van der Waals surface area contributed by atoms with Crippen molar-refractivity contribution in [2.75, 3.05) is 0 Å². The van der Waals surface area contributed by atoms with E-state index >= 15 is 0 Å². The predicted octanol–water partition coefficient (Wildman–Crippen LogP) is 2.28. The molecule has 4 nitrogen and oxygen atoms in total. The van der Waals surface area contributed by atoms with Crippen molar-refractivity contribution < 1.29 is 0 Å². The summed E-state index contributed by atoms with van der Waals surface area (Å²) in [7, 11) is 0. The number of imidazole rings is 1. The molecular weight excluding hydrogens is 250 g/mol. The van der Waals surface area contributed by atoms with Crippen molar-refractivity contribution in [3.8, 4) is 5.69 Å². The Bertz CT molecular complexity index is 729. The maximum absolute atomic E-state index is 12.3. The molecule has 0 radical (unpaired) electrons. The van der Waals surface area contributed by atoms with Crippen LogP contribution in [0.5, 0.6) is 0 Å². The van der Waals surface area contributed by atoms with Gasteiger partial charge in [-0.3, -0.25) is 14.1 Å². The van der Waals surface area contributed by atoms with E-state index in [1.54, 1.807) is 21.5 Å². The van der Waals surface area contributed by atoms with Gasteiger partial charge >= 0.3 is 5.69 Å². The van der Waals surface area contributed by atoms with Gasteiger partial charge in [-0.2, -0.15) is 0 Å².